The van der Waals surface area contributed by atoms with E-state index in [1.165, 1.54) is 153 Å². The fraction of sp³-hybridized carbons (Fsp3) is 0. The molecule has 0 aliphatic rings. The molecule has 21 rings (SSSR count). The van der Waals surface area contributed by atoms with E-state index in [9.17, 15) is 0 Å². The van der Waals surface area contributed by atoms with Crippen molar-refractivity contribution in [2.75, 3.05) is 0 Å². The maximum Gasteiger partial charge on any atom is 0.136 e. The van der Waals surface area contributed by atoms with Crippen LogP contribution in [0.25, 0.3) is 219 Å². The highest BCUT2D eigenvalue weighted by Crippen LogP contribution is 2.52. The maximum absolute atomic E-state index is 6.87. The summed E-state index contributed by atoms with van der Waals surface area (Å²) in [6.07, 6.45) is 0. The Kier molecular flexibility index (Phi) is 11.9. The van der Waals surface area contributed by atoms with Crippen molar-refractivity contribution in [1.82, 2.24) is 0 Å². The molecular formula is C96H56O2. The number of rotatable bonds is 7. The minimum atomic E-state index is 0.870. The van der Waals surface area contributed by atoms with E-state index in [-0.39, 0.29) is 0 Å². The first-order chi connectivity index (χ1) is 48.6. The first kappa shape index (κ1) is 54.5. The Balaban J connectivity index is 0.837. The maximum atomic E-state index is 6.87. The monoisotopic (exact) mass is 1240 g/mol. The predicted octanol–water partition coefficient (Wildman–Crippen LogP) is 27.5. The summed E-state index contributed by atoms with van der Waals surface area (Å²) < 4.78 is 13.7. The van der Waals surface area contributed by atoms with Gasteiger partial charge in [-0.2, -0.15) is 0 Å². The molecule has 0 radical (unpaired) electrons. The van der Waals surface area contributed by atoms with Gasteiger partial charge in [0.1, 0.15) is 22.3 Å². The molecule has 2 heterocycles. The number of hydrogen-bond donors (Lipinski definition) is 0. The Morgan fingerprint density at radius 1 is 0.143 bits per heavy atom. The van der Waals surface area contributed by atoms with Crippen LogP contribution < -0.4 is 0 Å². The van der Waals surface area contributed by atoms with Crippen molar-refractivity contribution in [3.05, 3.63) is 340 Å². The number of benzene rings is 19. The number of hydrogen-bond acceptors (Lipinski definition) is 2. The third-order valence-electron chi connectivity index (χ3n) is 21.2. The highest BCUT2D eigenvalue weighted by Gasteiger charge is 2.25. The largest absolute Gasteiger partial charge is 0.456 e. The van der Waals surface area contributed by atoms with Crippen LogP contribution in [0.3, 0.4) is 0 Å². The molecule has 98 heavy (non-hydrogen) atoms. The Morgan fingerprint density at radius 3 is 0.969 bits per heavy atom. The number of fused-ring (bicyclic) bond motifs is 17. The molecule has 0 N–H and O–H groups in total. The van der Waals surface area contributed by atoms with Gasteiger partial charge in [0.25, 0.3) is 0 Å². The first-order valence-electron chi connectivity index (χ1n) is 33.9. The molecule has 2 aromatic heterocycles. The van der Waals surface area contributed by atoms with Crippen LogP contribution in [0.4, 0.5) is 0 Å². The van der Waals surface area contributed by atoms with Crippen LogP contribution in [0.2, 0.25) is 0 Å². The molecule has 0 bridgehead atoms. The molecule has 2 nitrogen and oxygen atoms in total. The SMILES string of the molecule is c1ccc(-c2ccc(-c3c4ccccc4c(-c4ccc5c(c4)oc4ccc6ccccc6c45)c4ccc(-c5ccc6c(-c7ccc8c(c7)oc7ccc9ccccc9c78)c7ccccc7c(-c7ccc(-c8ccc9ccccc9c8)c8ccccc78)c6c5)cc34)c3ccccc23)cc1. The molecule has 0 fully saturated rings. The molecule has 452 valence electrons. The van der Waals surface area contributed by atoms with Gasteiger partial charge < -0.3 is 8.83 Å². The molecule has 0 atom stereocenters. The molecule has 0 saturated heterocycles. The smallest absolute Gasteiger partial charge is 0.136 e. The molecule has 0 aliphatic heterocycles. The summed E-state index contributed by atoms with van der Waals surface area (Å²) in [6.45, 7) is 0. The van der Waals surface area contributed by atoms with Gasteiger partial charge in [0, 0.05) is 21.5 Å². The van der Waals surface area contributed by atoms with Crippen molar-refractivity contribution in [3.63, 3.8) is 0 Å². The summed E-state index contributed by atoms with van der Waals surface area (Å²) in [7, 11) is 0. The van der Waals surface area contributed by atoms with Crippen LogP contribution >= 0.6 is 0 Å². The zero-order chi connectivity index (χ0) is 64.1. The summed E-state index contributed by atoms with van der Waals surface area (Å²) >= 11 is 0. The van der Waals surface area contributed by atoms with Gasteiger partial charge in [0.15, 0.2) is 0 Å². The lowest BCUT2D eigenvalue weighted by atomic mass is 9.81. The second kappa shape index (κ2) is 21.3. The second-order valence-corrected chi connectivity index (χ2v) is 26.4. The van der Waals surface area contributed by atoms with Crippen molar-refractivity contribution in [1.29, 1.82) is 0 Å². The van der Waals surface area contributed by atoms with Gasteiger partial charge in [-0.3, -0.25) is 0 Å². The van der Waals surface area contributed by atoms with Crippen molar-refractivity contribution in [3.8, 4) is 77.9 Å². The van der Waals surface area contributed by atoms with Crippen molar-refractivity contribution in [2.45, 2.75) is 0 Å². The van der Waals surface area contributed by atoms with E-state index in [2.05, 4.69) is 340 Å². The minimum Gasteiger partial charge on any atom is -0.456 e. The van der Waals surface area contributed by atoms with E-state index in [0.29, 0.717) is 0 Å². The fourth-order valence-corrected chi connectivity index (χ4v) is 16.8. The molecule has 0 amide bonds. The molecule has 21 aromatic rings. The normalized spacial score (nSPS) is 12.1. The van der Waals surface area contributed by atoms with E-state index in [0.717, 1.165) is 66.1 Å². The topological polar surface area (TPSA) is 26.3 Å². The summed E-state index contributed by atoms with van der Waals surface area (Å²) in [5, 5.41) is 26.0. The lowest BCUT2D eigenvalue weighted by molar-refractivity contribution is 0.669. The second-order valence-electron chi connectivity index (χ2n) is 26.4. The Bertz CT molecular complexity index is 6980. The van der Waals surface area contributed by atoms with Crippen LogP contribution in [0.1, 0.15) is 0 Å². The quantitative estimate of drug-likeness (QED) is 0.149. The Morgan fingerprint density at radius 2 is 0.480 bits per heavy atom. The third kappa shape index (κ3) is 8.22. The molecule has 19 aromatic carbocycles. The molecular weight excluding hydrogens is 1190 g/mol. The molecule has 0 saturated carbocycles. The Hall–Kier alpha value is -12.9. The van der Waals surface area contributed by atoms with Gasteiger partial charge in [-0.1, -0.05) is 285 Å². The van der Waals surface area contributed by atoms with Crippen molar-refractivity contribution < 1.29 is 8.83 Å². The summed E-state index contributed by atoms with van der Waals surface area (Å²) in [6, 6.07) is 126. The molecule has 2 heteroatoms. The van der Waals surface area contributed by atoms with Crippen LogP contribution in [0.5, 0.6) is 0 Å². The van der Waals surface area contributed by atoms with Crippen molar-refractivity contribution in [2.24, 2.45) is 0 Å². The average molecular weight is 1240 g/mol. The highest BCUT2D eigenvalue weighted by atomic mass is 16.3. The van der Waals surface area contributed by atoms with E-state index < -0.39 is 0 Å². The van der Waals surface area contributed by atoms with Crippen LogP contribution in [0, 0.1) is 0 Å². The summed E-state index contributed by atoms with van der Waals surface area (Å²) in [5.74, 6) is 0. The van der Waals surface area contributed by atoms with Gasteiger partial charge >= 0.3 is 0 Å². The summed E-state index contributed by atoms with van der Waals surface area (Å²) in [4.78, 5) is 0. The van der Waals surface area contributed by atoms with E-state index in [1.807, 2.05) is 0 Å². The summed E-state index contributed by atoms with van der Waals surface area (Å²) in [5.41, 5.74) is 19.9. The molecule has 0 spiro atoms. The highest BCUT2D eigenvalue weighted by molar-refractivity contribution is 6.29. The lowest BCUT2D eigenvalue weighted by Gasteiger charge is -2.21. The molecule has 0 aliphatic carbocycles. The van der Waals surface area contributed by atoms with Crippen LogP contribution in [0.15, 0.2) is 349 Å². The average Bonchev–Trinajstić information content (AvgIpc) is 0.770. The zero-order valence-corrected chi connectivity index (χ0v) is 53.1. The van der Waals surface area contributed by atoms with Crippen molar-refractivity contribution >= 4 is 141 Å². The standard InChI is InChI=1S/C96H56O2/c1-2-19-58(20-3-1)67-46-48-79(73-28-12-10-26-71(67)73)93-77-32-16-14-30-75(77)91(65-38-44-83-89(55-65)97-87-50-40-59-21-6-8-24-69(59)95(83)87)81-42-36-62(53-85(81)93)63-37-43-82-86(54-63)94(80-49-47-68(72-27-11-13-29-74(72)80)64-35-34-57-18-4-5-23-61(57)52-64)78-33-17-15-31-76(78)92(82)66-39-45-84-90(56-66)98-88-51-41-60-22-7-9-25-70(60)96(84)88/h1-56H. The van der Waals surface area contributed by atoms with Gasteiger partial charge in [-0.05, 0) is 229 Å². The number of furan rings is 2. The molecule has 0 unspecified atom stereocenters. The fourth-order valence-electron chi connectivity index (χ4n) is 16.8. The van der Waals surface area contributed by atoms with E-state index in [1.54, 1.807) is 0 Å². The van der Waals surface area contributed by atoms with E-state index >= 15 is 0 Å². The third-order valence-corrected chi connectivity index (χ3v) is 21.2. The van der Waals surface area contributed by atoms with Crippen LogP contribution in [-0.2, 0) is 0 Å². The minimum absolute atomic E-state index is 0.870. The van der Waals surface area contributed by atoms with E-state index in [4.69, 9.17) is 8.83 Å². The predicted molar refractivity (Wildman–Crippen MR) is 417 cm³/mol. The van der Waals surface area contributed by atoms with Crippen LogP contribution in [-0.4, -0.2) is 0 Å². The van der Waals surface area contributed by atoms with Gasteiger partial charge in [0.05, 0.1) is 0 Å². The zero-order valence-electron chi connectivity index (χ0n) is 53.1. The van der Waals surface area contributed by atoms with Gasteiger partial charge in [0.2, 0.25) is 0 Å². The lowest BCUT2D eigenvalue weighted by Crippen LogP contribution is -1.94. The van der Waals surface area contributed by atoms with Gasteiger partial charge in [-0.25, -0.2) is 0 Å². The first-order valence-corrected chi connectivity index (χ1v) is 33.9. The Labute approximate surface area is 563 Å². The van der Waals surface area contributed by atoms with Gasteiger partial charge in [-0.15, -0.1) is 0 Å².